The van der Waals surface area contributed by atoms with E-state index in [-0.39, 0.29) is 5.91 Å². The Morgan fingerprint density at radius 2 is 1.96 bits per heavy atom. The van der Waals surface area contributed by atoms with Crippen LogP contribution in [0.2, 0.25) is 0 Å². The van der Waals surface area contributed by atoms with Crippen LogP contribution < -0.4 is 10.1 Å². The predicted molar refractivity (Wildman–Crippen MR) is 101 cm³/mol. The van der Waals surface area contributed by atoms with Gasteiger partial charge in [-0.25, -0.2) is 0 Å². The highest BCUT2D eigenvalue weighted by Gasteiger charge is 2.21. The quantitative estimate of drug-likeness (QED) is 0.730. The topological polar surface area (TPSA) is 56.4 Å². The zero-order valence-corrected chi connectivity index (χ0v) is 15.6. The fourth-order valence-electron chi connectivity index (χ4n) is 3.13. The number of carbonyl (C=O) groups is 1. The first-order chi connectivity index (χ1) is 12.5. The molecule has 0 fully saturated rings. The van der Waals surface area contributed by atoms with Crippen molar-refractivity contribution in [1.82, 2.24) is 9.88 Å². The van der Waals surface area contributed by atoms with Gasteiger partial charge in [-0.1, -0.05) is 12.1 Å². The molecule has 2 aromatic heterocycles. The van der Waals surface area contributed by atoms with Gasteiger partial charge in [0.15, 0.2) is 0 Å². The van der Waals surface area contributed by atoms with Gasteiger partial charge in [-0.3, -0.25) is 4.79 Å². The van der Waals surface area contributed by atoms with Crippen LogP contribution in [-0.2, 0) is 13.1 Å². The van der Waals surface area contributed by atoms with Crippen molar-refractivity contribution < 1.29 is 13.9 Å². The van der Waals surface area contributed by atoms with E-state index in [4.69, 9.17) is 9.15 Å². The van der Waals surface area contributed by atoms with E-state index in [1.165, 1.54) is 0 Å². The molecule has 2 heterocycles. The van der Waals surface area contributed by atoms with E-state index in [2.05, 4.69) is 16.8 Å². The van der Waals surface area contributed by atoms with E-state index in [9.17, 15) is 4.79 Å². The van der Waals surface area contributed by atoms with Gasteiger partial charge in [-0.2, -0.15) is 0 Å². The van der Waals surface area contributed by atoms with Crippen LogP contribution in [0.15, 0.2) is 47.1 Å². The molecule has 0 aliphatic heterocycles. The number of hydrogen-bond donors (Lipinski definition) is 1. The minimum atomic E-state index is -0.0991. The van der Waals surface area contributed by atoms with E-state index in [0.29, 0.717) is 18.8 Å². The molecule has 3 aromatic rings. The van der Waals surface area contributed by atoms with Gasteiger partial charge in [-0.15, -0.1) is 0 Å². The lowest BCUT2D eigenvalue weighted by atomic mass is 10.1. The standard InChI is InChI=1S/C21H24N2O3/c1-14-15(2)20(21(24)22-12-19-9-6-10-26-19)23(16(14)3)13-17-7-5-8-18(11-17)25-4/h5-11H,12-13H2,1-4H3,(H,22,24). The molecule has 0 radical (unpaired) electrons. The highest BCUT2D eigenvalue weighted by molar-refractivity contribution is 5.94. The van der Waals surface area contributed by atoms with Crippen LogP contribution in [0, 0.1) is 20.8 Å². The average molecular weight is 352 g/mol. The summed E-state index contributed by atoms with van der Waals surface area (Å²) in [7, 11) is 1.65. The summed E-state index contributed by atoms with van der Waals surface area (Å²) in [5.74, 6) is 1.44. The molecule has 0 bridgehead atoms. The van der Waals surface area contributed by atoms with Crippen LogP contribution in [0.1, 0.15) is 38.6 Å². The summed E-state index contributed by atoms with van der Waals surface area (Å²) in [6.07, 6.45) is 1.60. The Labute approximate surface area is 153 Å². The number of ether oxygens (including phenoxy) is 1. The molecule has 1 aromatic carbocycles. The summed E-state index contributed by atoms with van der Waals surface area (Å²) in [4.78, 5) is 12.9. The largest absolute Gasteiger partial charge is 0.497 e. The predicted octanol–water partition coefficient (Wildman–Crippen LogP) is 3.99. The fourth-order valence-corrected chi connectivity index (χ4v) is 3.13. The average Bonchev–Trinajstić information content (AvgIpc) is 3.24. The molecule has 0 spiro atoms. The SMILES string of the molecule is COc1cccc(Cn2c(C)c(C)c(C)c2C(=O)NCc2ccco2)c1. The van der Waals surface area contributed by atoms with Gasteiger partial charge in [0.1, 0.15) is 17.2 Å². The Kier molecular flexibility index (Phi) is 5.16. The second-order valence-electron chi connectivity index (χ2n) is 6.38. The third-order valence-corrected chi connectivity index (χ3v) is 4.83. The molecule has 5 nitrogen and oxygen atoms in total. The Morgan fingerprint density at radius 3 is 2.65 bits per heavy atom. The first-order valence-electron chi connectivity index (χ1n) is 8.61. The van der Waals surface area contributed by atoms with E-state index in [1.54, 1.807) is 13.4 Å². The van der Waals surface area contributed by atoms with Crippen molar-refractivity contribution in [2.45, 2.75) is 33.9 Å². The number of nitrogens with zero attached hydrogens (tertiary/aromatic N) is 1. The second kappa shape index (κ2) is 7.52. The molecule has 0 unspecified atom stereocenters. The molecule has 0 saturated carbocycles. The van der Waals surface area contributed by atoms with Gasteiger partial charge in [0.25, 0.3) is 5.91 Å². The molecule has 5 heteroatoms. The summed E-state index contributed by atoms with van der Waals surface area (Å²) in [6.45, 7) is 7.07. The highest BCUT2D eigenvalue weighted by Crippen LogP contribution is 2.24. The van der Waals surface area contributed by atoms with Crippen molar-refractivity contribution in [2.24, 2.45) is 0 Å². The zero-order chi connectivity index (χ0) is 18.7. The van der Waals surface area contributed by atoms with Crippen molar-refractivity contribution in [3.05, 3.63) is 76.5 Å². The van der Waals surface area contributed by atoms with E-state index >= 15 is 0 Å². The molecule has 0 aliphatic carbocycles. The number of benzene rings is 1. The number of aromatic nitrogens is 1. The van der Waals surface area contributed by atoms with E-state index < -0.39 is 0 Å². The molecular weight excluding hydrogens is 328 g/mol. The lowest BCUT2D eigenvalue weighted by Crippen LogP contribution is -2.26. The molecule has 1 amide bonds. The molecule has 1 N–H and O–H groups in total. The molecule has 0 atom stereocenters. The third kappa shape index (κ3) is 3.52. The number of nitrogens with one attached hydrogen (secondary N) is 1. The van der Waals surface area contributed by atoms with Crippen molar-refractivity contribution in [2.75, 3.05) is 7.11 Å². The first-order valence-corrected chi connectivity index (χ1v) is 8.61. The number of carbonyl (C=O) groups excluding carboxylic acids is 1. The molecule has 26 heavy (non-hydrogen) atoms. The van der Waals surface area contributed by atoms with Crippen molar-refractivity contribution >= 4 is 5.91 Å². The minimum Gasteiger partial charge on any atom is -0.497 e. The van der Waals surface area contributed by atoms with Crippen LogP contribution in [-0.4, -0.2) is 17.6 Å². The molecule has 3 rings (SSSR count). The summed E-state index contributed by atoms with van der Waals surface area (Å²) >= 11 is 0. The molecule has 0 saturated heterocycles. The Morgan fingerprint density at radius 1 is 1.15 bits per heavy atom. The van der Waals surface area contributed by atoms with Crippen LogP contribution in [0.4, 0.5) is 0 Å². The fraction of sp³-hybridized carbons (Fsp3) is 0.286. The summed E-state index contributed by atoms with van der Waals surface area (Å²) in [6, 6.07) is 11.6. The summed E-state index contributed by atoms with van der Waals surface area (Å²) in [5.41, 5.74) is 5.00. The van der Waals surface area contributed by atoms with Crippen molar-refractivity contribution in [1.29, 1.82) is 0 Å². The van der Waals surface area contributed by atoms with Crippen LogP contribution in [0.25, 0.3) is 0 Å². The Hall–Kier alpha value is -2.95. The van der Waals surface area contributed by atoms with Gasteiger partial charge in [0.2, 0.25) is 0 Å². The summed E-state index contributed by atoms with van der Waals surface area (Å²) < 4.78 is 12.7. The lowest BCUT2D eigenvalue weighted by molar-refractivity contribution is 0.0938. The maximum atomic E-state index is 12.9. The van der Waals surface area contributed by atoms with Gasteiger partial charge in [0.05, 0.1) is 19.9 Å². The van der Waals surface area contributed by atoms with Crippen LogP contribution >= 0.6 is 0 Å². The maximum Gasteiger partial charge on any atom is 0.268 e. The Bertz CT molecular complexity index is 908. The number of methoxy groups -OCH3 is 1. The minimum absolute atomic E-state index is 0.0991. The number of amides is 1. The van der Waals surface area contributed by atoms with Crippen LogP contribution in [0.5, 0.6) is 5.75 Å². The number of furan rings is 1. The molecule has 0 aliphatic rings. The summed E-state index contributed by atoms with van der Waals surface area (Å²) in [5, 5.41) is 2.95. The van der Waals surface area contributed by atoms with Crippen molar-refractivity contribution in [3.8, 4) is 5.75 Å². The zero-order valence-electron chi connectivity index (χ0n) is 15.6. The maximum absolute atomic E-state index is 12.9. The highest BCUT2D eigenvalue weighted by atomic mass is 16.5. The lowest BCUT2D eigenvalue weighted by Gasteiger charge is -2.13. The van der Waals surface area contributed by atoms with Gasteiger partial charge in [-0.05, 0) is 61.7 Å². The van der Waals surface area contributed by atoms with Gasteiger partial charge < -0.3 is 19.0 Å². The normalized spacial score (nSPS) is 10.8. The second-order valence-corrected chi connectivity index (χ2v) is 6.38. The van der Waals surface area contributed by atoms with Gasteiger partial charge in [0, 0.05) is 12.2 Å². The van der Waals surface area contributed by atoms with Gasteiger partial charge >= 0.3 is 0 Å². The third-order valence-electron chi connectivity index (χ3n) is 4.83. The van der Waals surface area contributed by atoms with E-state index in [0.717, 1.165) is 33.9 Å². The van der Waals surface area contributed by atoms with E-state index in [1.807, 2.05) is 50.2 Å². The smallest absolute Gasteiger partial charge is 0.268 e. The number of rotatable bonds is 6. The first kappa shape index (κ1) is 17.9. The monoisotopic (exact) mass is 352 g/mol. The van der Waals surface area contributed by atoms with Crippen molar-refractivity contribution in [3.63, 3.8) is 0 Å². The molecular formula is C21H24N2O3. The molecule has 136 valence electrons. The van der Waals surface area contributed by atoms with Crippen LogP contribution in [0.3, 0.4) is 0 Å². The number of hydrogen-bond acceptors (Lipinski definition) is 3. The Balaban J connectivity index is 1.89.